The molecule has 1 heterocycles. The molecule has 17 heavy (non-hydrogen) atoms. The van der Waals surface area contributed by atoms with Gasteiger partial charge in [0.15, 0.2) is 0 Å². The van der Waals surface area contributed by atoms with Gasteiger partial charge in [-0.2, -0.15) is 0 Å². The van der Waals surface area contributed by atoms with Gasteiger partial charge in [0.25, 0.3) is 0 Å². The third-order valence-corrected chi connectivity index (χ3v) is 3.31. The Bertz CT molecular complexity index is 372. The molecule has 2 N–H and O–H groups in total. The minimum Gasteiger partial charge on any atom is -0.392 e. The standard InChI is InChI=1S/C14H21NO2/c1-10-5-11(2)7-12(6-10)14(17)9-15-4-3-13(16)8-15/h5-7,13-14,16-17H,3-4,8-9H2,1-2H3. The maximum atomic E-state index is 10.2. The van der Waals surface area contributed by atoms with Crippen LogP contribution in [0.2, 0.25) is 0 Å². The van der Waals surface area contributed by atoms with Gasteiger partial charge in [-0.15, -0.1) is 0 Å². The van der Waals surface area contributed by atoms with E-state index in [0.29, 0.717) is 13.1 Å². The minimum atomic E-state index is -0.459. The molecular formula is C14H21NO2. The van der Waals surface area contributed by atoms with E-state index >= 15 is 0 Å². The summed E-state index contributed by atoms with van der Waals surface area (Å²) in [6.07, 6.45) is 0.139. The number of rotatable bonds is 3. The molecule has 1 aliphatic heterocycles. The highest BCUT2D eigenvalue weighted by atomic mass is 16.3. The van der Waals surface area contributed by atoms with Crippen molar-refractivity contribution in [3.63, 3.8) is 0 Å². The average molecular weight is 235 g/mol. The van der Waals surface area contributed by atoms with Gasteiger partial charge in [0, 0.05) is 19.6 Å². The molecule has 0 bridgehead atoms. The smallest absolute Gasteiger partial charge is 0.0917 e. The van der Waals surface area contributed by atoms with Crippen LogP contribution < -0.4 is 0 Å². The normalized spacial score (nSPS) is 22.9. The van der Waals surface area contributed by atoms with Crippen molar-refractivity contribution in [3.05, 3.63) is 34.9 Å². The van der Waals surface area contributed by atoms with E-state index in [1.54, 1.807) is 0 Å². The zero-order chi connectivity index (χ0) is 12.4. The van der Waals surface area contributed by atoms with Crippen LogP contribution in [0.3, 0.4) is 0 Å². The Hall–Kier alpha value is -0.900. The highest BCUT2D eigenvalue weighted by molar-refractivity contribution is 5.30. The molecule has 3 heteroatoms. The Kier molecular flexibility index (Phi) is 3.82. The summed E-state index contributed by atoms with van der Waals surface area (Å²) in [5.74, 6) is 0. The van der Waals surface area contributed by atoms with Crippen LogP contribution in [0, 0.1) is 13.8 Å². The van der Waals surface area contributed by atoms with Crippen LogP contribution in [0.4, 0.5) is 0 Å². The van der Waals surface area contributed by atoms with Crippen LogP contribution in [0.15, 0.2) is 18.2 Å². The SMILES string of the molecule is Cc1cc(C)cc(C(O)CN2CCC(O)C2)c1. The van der Waals surface area contributed by atoms with Crippen LogP contribution in [-0.4, -0.2) is 40.9 Å². The number of aryl methyl sites for hydroxylation is 2. The van der Waals surface area contributed by atoms with E-state index in [2.05, 4.69) is 11.0 Å². The van der Waals surface area contributed by atoms with Crippen molar-refractivity contribution < 1.29 is 10.2 Å². The van der Waals surface area contributed by atoms with Gasteiger partial charge in [-0.1, -0.05) is 29.3 Å². The quantitative estimate of drug-likeness (QED) is 0.832. The molecule has 0 spiro atoms. The Labute approximate surface area is 103 Å². The lowest BCUT2D eigenvalue weighted by molar-refractivity contribution is 0.113. The topological polar surface area (TPSA) is 43.7 Å². The van der Waals surface area contributed by atoms with Gasteiger partial charge in [0.2, 0.25) is 0 Å². The summed E-state index contributed by atoms with van der Waals surface area (Å²) in [7, 11) is 0. The molecule has 0 amide bonds. The first-order chi connectivity index (χ1) is 8.04. The molecule has 1 aromatic carbocycles. The summed E-state index contributed by atoms with van der Waals surface area (Å²) in [5, 5.41) is 19.6. The fourth-order valence-electron chi connectivity index (χ4n) is 2.53. The fraction of sp³-hybridized carbons (Fsp3) is 0.571. The lowest BCUT2D eigenvalue weighted by atomic mass is 10.0. The number of benzene rings is 1. The van der Waals surface area contributed by atoms with E-state index in [0.717, 1.165) is 18.5 Å². The molecule has 2 atom stereocenters. The highest BCUT2D eigenvalue weighted by Crippen LogP contribution is 2.20. The number of nitrogens with zero attached hydrogens (tertiary/aromatic N) is 1. The zero-order valence-electron chi connectivity index (χ0n) is 10.6. The second-order valence-corrected chi connectivity index (χ2v) is 5.14. The number of hydrogen-bond acceptors (Lipinski definition) is 3. The first-order valence-corrected chi connectivity index (χ1v) is 6.21. The lowest BCUT2D eigenvalue weighted by Gasteiger charge is -2.20. The first kappa shape index (κ1) is 12.6. The van der Waals surface area contributed by atoms with E-state index in [-0.39, 0.29) is 6.10 Å². The second kappa shape index (κ2) is 5.17. The van der Waals surface area contributed by atoms with Gasteiger partial charge in [-0.3, -0.25) is 4.90 Å². The molecule has 2 rings (SSSR count). The fourth-order valence-corrected chi connectivity index (χ4v) is 2.53. The number of β-amino-alcohol motifs (C(OH)–C–C–N with tert-alkyl or cyclic N) is 2. The highest BCUT2D eigenvalue weighted by Gasteiger charge is 2.22. The summed E-state index contributed by atoms with van der Waals surface area (Å²) in [6.45, 7) is 6.26. The third-order valence-electron chi connectivity index (χ3n) is 3.31. The van der Waals surface area contributed by atoms with Crippen molar-refractivity contribution in [2.75, 3.05) is 19.6 Å². The monoisotopic (exact) mass is 235 g/mol. The number of aliphatic hydroxyl groups excluding tert-OH is 2. The van der Waals surface area contributed by atoms with E-state index in [9.17, 15) is 10.2 Å². The van der Waals surface area contributed by atoms with Crippen LogP contribution in [0.1, 0.15) is 29.2 Å². The molecule has 1 saturated heterocycles. The van der Waals surface area contributed by atoms with Gasteiger partial charge in [0.1, 0.15) is 0 Å². The molecule has 1 fully saturated rings. The van der Waals surface area contributed by atoms with Gasteiger partial charge >= 0.3 is 0 Å². The Balaban J connectivity index is 2.01. The average Bonchev–Trinajstić information content (AvgIpc) is 2.62. The minimum absolute atomic E-state index is 0.221. The predicted octanol–water partition coefficient (Wildman–Crippen LogP) is 1.40. The van der Waals surface area contributed by atoms with Gasteiger partial charge in [0.05, 0.1) is 12.2 Å². The van der Waals surface area contributed by atoms with E-state index < -0.39 is 6.10 Å². The van der Waals surface area contributed by atoms with Crippen molar-refractivity contribution in [3.8, 4) is 0 Å². The molecule has 0 radical (unpaired) electrons. The van der Waals surface area contributed by atoms with Crippen molar-refractivity contribution in [2.45, 2.75) is 32.5 Å². The van der Waals surface area contributed by atoms with Gasteiger partial charge in [-0.25, -0.2) is 0 Å². The van der Waals surface area contributed by atoms with E-state index in [1.165, 1.54) is 11.1 Å². The Morgan fingerprint density at radius 2 is 1.94 bits per heavy atom. The molecule has 94 valence electrons. The van der Waals surface area contributed by atoms with E-state index in [1.807, 2.05) is 26.0 Å². The van der Waals surface area contributed by atoms with Crippen LogP contribution in [0.5, 0.6) is 0 Å². The van der Waals surface area contributed by atoms with Crippen molar-refractivity contribution in [1.29, 1.82) is 0 Å². The second-order valence-electron chi connectivity index (χ2n) is 5.14. The Morgan fingerprint density at radius 1 is 1.29 bits per heavy atom. The molecule has 2 unspecified atom stereocenters. The number of likely N-dealkylation sites (tertiary alicyclic amines) is 1. The van der Waals surface area contributed by atoms with Crippen molar-refractivity contribution >= 4 is 0 Å². The van der Waals surface area contributed by atoms with Crippen LogP contribution in [0.25, 0.3) is 0 Å². The van der Waals surface area contributed by atoms with E-state index in [4.69, 9.17) is 0 Å². The first-order valence-electron chi connectivity index (χ1n) is 6.21. The predicted molar refractivity (Wildman–Crippen MR) is 67.9 cm³/mol. The molecule has 0 saturated carbocycles. The summed E-state index contributed by atoms with van der Waals surface area (Å²) in [6, 6.07) is 6.17. The summed E-state index contributed by atoms with van der Waals surface area (Å²) in [4.78, 5) is 2.12. The molecule has 3 nitrogen and oxygen atoms in total. The molecular weight excluding hydrogens is 214 g/mol. The van der Waals surface area contributed by atoms with Crippen LogP contribution in [-0.2, 0) is 0 Å². The Morgan fingerprint density at radius 3 is 2.47 bits per heavy atom. The van der Waals surface area contributed by atoms with Crippen LogP contribution >= 0.6 is 0 Å². The van der Waals surface area contributed by atoms with Gasteiger partial charge < -0.3 is 10.2 Å². The molecule has 1 aliphatic rings. The lowest BCUT2D eigenvalue weighted by Crippen LogP contribution is -2.27. The summed E-state index contributed by atoms with van der Waals surface area (Å²) in [5.41, 5.74) is 3.34. The van der Waals surface area contributed by atoms with Crippen molar-refractivity contribution in [1.82, 2.24) is 4.90 Å². The molecule has 0 aromatic heterocycles. The van der Waals surface area contributed by atoms with Gasteiger partial charge in [-0.05, 0) is 25.8 Å². The molecule has 0 aliphatic carbocycles. The summed E-state index contributed by atoms with van der Waals surface area (Å²) < 4.78 is 0. The summed E-state index contributed by atoms with van der Waals surface area (Å²) >= 11 is 0. The number of hydrogen-bond donors (Lipinski definition) is 2. The maximum absolute atomic E-state index is 10.2. The maximum Gasteiger partial charge on any atom is 0.0917 e. The van der Waals surface area contributed by atoms with Crippen molar-refractivity contribution in [2.24, 2.45) is 0 Å². The number of aliphatic hydroxyl groups is 2. The molecule has 1 aromatic rings. The zero-order valence-corrected chi connectivity index (χ0v) is 10.6. The third kappa shape index (κ3) is 3.28. The largest absolute Gasteiger partial charge is 0.392 e.